The van der Waals surface area contributed by atoms with Crippen molar-refractivity contribution in [3.05, 3.63) is 33.4 Å². The fourth-order valence-electron chi connectivity index (χ4n) is 2.15. The molecule has 0 aromatic heterocycles. The molecule has 0 amide bonds. The van der Waals surface area contributed by atoms with Crippen LogP contribution in [-0.2, 0) is 27.7 Å². The summed E-state index contributed by atoms with van der Waals surface area (Å²) >= 11 is 0. The number of isocyanates is 1. The minimum Gasteiger partial charge on any atom is -0.258 e. The Balaban J connectivity index is 2.82. The summed E-state index contributed by atoms with van der Waals surface area (Å²) in [5.41, 5.74) is 0.595. The highest BCUT2D eigenvalue weighted by atomic mass is 32.2. The minimum absolute atomic E-state index is 0.392. The molecule has 8 heteroatoms. The summed E-state index contributed by atoms with van der Waals surface area (Å²) in [6, 6.07) is 2.68. The van der Waals surface area contributed by atoms with Gasteiger partial charge in [-0.3, -0.25) is 10.1 Å². The normalized spacial score (nSPS) is 13.8. The van der Waals surface area contributed by atoms with Crippen LogP contribution in [0.15, 0.2) is 21.4 Å². The van der Waals surface area contributed by atoms with E-state index in [9.17, 15) is 23.3 Å². The first-order valence-corrected chi connectivity index (χ1v) is 6.54. The number of carbonyl (C=O) groups excluding carboxylic acids is 1. The third kappa shape index (κ3) is 1.92. The minimum atomic E-state index is -4.35. The Labute approximate surface area is 102 Å². The second-order valence-corrected chi connectivity index (χ2v) is 5.36. The van der Waals surface area contributed by atoms with Gasteiger partial charge in [-0.05, 0) is 30.4 Å². The van der Waals surface area contributed by atoms with Gasteiger partial charge in [0.1, 0.15) is 0 Å². The Morgan fingerprint density at radius 2 is 2.06 bits per heavy atom. The highest BCUT2D eigenvalue weighted by molar-refractivity contribution is 7.90. The molecular formula is C10H8N2O5S. The zero-order chi connectivity index (χ0) is 13.3. The molecule has 0 spiro atoms. The smallest absolute Gasteiger partial charge is 0.258 e. The fourth-order valence-corrected chi connectivity index (χ4v) is 3.29. The number of benzene rings is 1. The van der Waals surface area contributed by atoms with Crippen molar-refractivity contribution in [2.45, 2.75) is 24.2 Å². The van der Waals surface area contributed by atoms with E-state index in [1.165, 1.54) is 0 Å². The maximum Gasteiger partial charge on any atom is 0.299 e. The monoisotopic (exact) mass is 268 g/mol. The van der Waals surface area contributed by atoms with Crippen molar-refractivity contribution in [2.75, 3.05) is 0 Å². The summed E-state index contributed by atoms with van der Waals surface area (Å²) in [6.07, 6.45) is 2.75. The van der Waals surface area contributed by atoms with Crippen LogP contribution in [0.3, 0.4) is 0 Å². The molecule has 0 saturated carbocycles. The van der Waals surface area contributed by atoms with Crippen molar-refractivity contribution in [1.82, 2.24) is 0 Å². The molecule has 0 unspecified atom stereocenters. The Morgan fingerprint density at radius 3 is 2.67 bits per heavy atom. The van der Waals surface area contributed by atoms with Crippen molar-refractivity contribution in [2.24, 2.45) is 4.40 Å². The van der Waals surface area contributed by atoms with Crippen LogP contribution in [-0.4, -0.2) is 19.4 Å². The number of nitrogens with zero attached hydrogens (tertiary/aromatic N) is 2. The Kier molecular flexibility index (Phi) is 2.98. The molecular weight excluding hydrogens is 260 g/mol. The van der Waals surface area contributed by atoms with E-state index >= 15 is 0 Å². The van der Waals surface area contributed by atoms with Gasteiger partial charge in [-0.1, -0.05) is 10.5 Å². The first-order valence-electron chi connectivity index (χ1n) is 5.10. The molecule has 18 heavy (non-hydrogen) atoms. The van der Waals surface area contributed by atoms with Crippen molar-refractivity contribution < 1.29 is 18.1 Å². The van der Waals surface area contributed by atoms with Crippen LogP contribution in [0.5, 0.6) is 0 Å². The number of sulfonamides is 1. The number of fused-ring (bicyclic) bond motifs is 1. The highest BCUT2D eigenvalue weighted by Gasteiger charge is 2.32. The predicted molar refractivity (Wildman–Crippen MR) is 60.4 cm³/mol. The number of hydrogen-bond acceptors (Lipinski definition) is 5. The highest BCUT2D eigenvalue weighted by Crippen LogP contribution is 2.35. The first kappa shape index (κ1) is 12.4. The van der Waals surface area contributed by atoms with E-state index in [4.69, 9.17) is 0 Å². The summed E-state index contributed by atoms with van der Waals surface area (Å²) in [5, 5.41) is 10.9. The van der Waals surface area contributed by atoms with E-state index < -0.39 is 25.5 Å². The van der Waals surface area contributed by atoms with Gasteiger partial charge in [0.15, 0.2) is 4.90 Å². The van der Waals surface area contributed by atoms with Gasteiger partial charge in [0.05, 0.1) is 4.92 Å². The molecule has 0 bridgehead atoms. The molecule has 2 rings (SSSR count). The zero-order valence-electron chi connectivity index (χ0n) is 9.12. The van der Waals surface area contributed by atoms with Gasteiger partial charge in [-0.25, -0.2) is 4.79 Å². The third-order valence-electron chi connectivity index (χ3n) is 2.82. The lowest BCUT2D eigenvalue weighted by Crippen LogP contribution is -2.06. The molecule has 0 radical (unpaired) electrons. The first-order chi connectivity index (χ1) is 8.47. The fraction of sp³-hybridized carbons (Fsp3) is 0.300. The molecule has 1 aromatic carbocycles. The number of nitro benzene ring substituents is 1. The van der Waals surface area contributed by atoms with Gasteiger partial charge in [0, 0.05) is 6.07 Å². The standard InChI is InChI=1S/C10H8N2O5S/c13-6-11-18(16,17)10-8-3-1-2-7(8)4-5-9(10)12(14)15/h4-5H,1-3H2. The summed E-state index contributed by atoms with van der Waals surface area (Å²) in [5.74, 6) is 0. The topological polar surface area (TPSA) is 107 Å². The van der Waals surface area contributed by atoms with E-state index in [0.29, 0.717) is 18.4 Å². The van der Waals surface area contributed by atoms with Crippen LogP contribution >= 0.6 is 0 Å². The quantitative estimate of drug-likeness (QED) is 0.353. The summed E-state index contributed by atoms with van der Waals surface area (Å²) in [7, 11) is -4.35. The van der Waals surface area contributed by atoms with Crippen LogP contribution in [0.2, 0.25) is 0 Å². The summed E-state index contributed by atoms with van der Waals surface area (Å²) in [4.78, 5) is 19.8. The van der Waals surface area contributed by atoms with Gasteiger partial charge in [0.2, 0.25) is 0 Å². The van der Waals surface area contributed by atoms with Gasteiger partial charge < -0.3 is 0 Å². The van der Waals surface area contributed by atoms with E-state index in [2.05, 4.69) is 4.40 Å². The SMILES string of the molecule is O=C=NS(=O)(=O)c1c([N+](=O)[O-])ccc2c1CCC2. The number of hydrogen-bond donors (Lipinski definition) is 0. The Bertz CT molecular complexity index is 674. The Hall–Kier alpha value is -2.05. The van der Waals surface area contributed by atoms with E-state index in [1.54, 1.807) is 6.07 Å². The van der Waals surface area contributed by atoms with E-state index in [0.717, 1.165) is 24.1 Å². The summed E-state index contributed by atoms with van der Waals surface area (Å²) < 4.78 is 26.3. The largest absolute Gasteiger partial charge is 0.299 e. The average molecular weight is 268 g/mol. The molecule has 1 aromatic rings. The Morgan fingerprint density at radius 1 is 1.33 bits per heavy atom. The van der Waals surface area contributed by atoms with Gasteiger partial charge in [-0.15, -0.1) is 0 Å². The van der Waals surface area contributed by atoms with Gasteiger partial charge >= 0.3 is 0 Å². The van der Waals surface area contributed by atoms with Crippen LogP contribution < -0.4 is 0 Å². The molecule has 0 aliphatic heterocycles. The second kappa shape index (κ2) is 4.32. The molecule has 0 heterocycles. The van der Waals surface area contributed by atoms with Crippen LogP contribution in [0.25, 0.3) is 0 Å². The lowest BCUT2D eigenvalue weighted by molar-refractivity contribution is -0.387. The number of rotatable bonds is 3. The van der Waals surface area contributed by atoms with Gasteiger partial charge in [0.25, 0.3) is 21.8 Å². The molecule has 1 aliphatic carbocycles. The average Bonchev–Trinajstić information content (AvgIpc) is 2.74. The third-order valence-corrected chi connectivity index (χ3v) is 4.11. The molecule has 7 nitrogen and oxygen atoms in total. The van der Waals surface area contributed by atoms with Crippen molar-refractivity contribution in [1.29, 1.82) is 0 Å². The lowest BCUT2D eigenvalue weighted by Gasteiger charge is -2.06. The van der Waals surface area contributed by atoms with Gasteiger partial charge in [-0.2, -0.15) is 8.42 Å². The van der Waals surface area contributed by atoms with Crippen LogP contribution in [0.1, 0.15) is 17.5 Å². The molecule has 1 aliphatic rings. The molecule has 0 atom stereocenters. The van der Waals surface area contributed by atoms with Crippen LogP contribution in [0.4, 0.5) is 5.69 Å². The van der Waals surface area contributed by atoms with E-state index in [-0.39, 0.29) is 0 Å². The molecule has 94 valence electrons. The van der Waals surface area contributed by atoms with E-state index in [1.807, 2.05) is 0 Å². The second-order valence-electron chi connectivity index (χ2n) is 3.82. The summed E-state index contributed by atoms with van der Waals surface area (Å²) in [6.45, 7) is 0. The number of aryl methyl sites for hydroxylation is 1. The van der Waals surface area contributed by atoms with Crippen molar-refractivity contribution in [3.63, 3.8) is 0 Å². The van der Waals surface area contributed by atoms with Crippen molar-refractivity contribution >= 4 is 21.8 Å². The number of nitro groups is 1. The zero-order valence-corrected chi connectivity index (χ0v) is 9.94. The molecule has 0 N–H and O–H groups in total. The maximum atomic E-state index is 11.8. The van der Waals surface area contributed by atoms with Crippen molar-refractivity contribution in [3.8, 4) is 0 Å². The maximum absolute atomic E-state index is 11.8. The lowest BCUT2D eigenvalue weighted by atomic mass is 10.1. The van der Waals surface area contributed by atoms with Crippen LogP contribution in [0, 0.1) is 10.1 Å². The molecule has 0 fully saturated rings. The molecule has 0 saturated heterocycles. The predicted octanol–water partition coefficient (Wildman–Crippen LogP) is 1.11.